The van der Waals surface area contributed by atoms with Crippen LogP contribution >= 0.6 is 31.9 Å². The molecule has 0 N–H and O–H groups in total. The molecule has 0 unspecified atom stereocenters. The Kier molecular flexibility index (Phi) is 7.53. The van der Waals surface area contributed by atoms with Crippen molar-refractivity contribution in [2.75, 3.05) is 0 Å². The molecule has 1 aliphatic carbocycles. The van der Waals surface area contributed by atoms with Crippen LogP contribution in [0.25, 0.3) is 6.08 Å². The van der Waals surface area contributed by atoms with E-state index in [0.29, 0.717) is 0 Å². The van der Waals surface area contributed by atoms with E-state index in [2.05, 4.69) is 69.1 Å². The fraction of sp³-hybridized carbons (Fsp3) is 0.579. The van der Waals surface area contributed by atoms with Crippen molar-refractivity contribution in [1.82, 2.24) is 0 Å². The van der Waals surface area contributed by atoms with Crippen molar-refractivity contribution < 1.29 is 0 Å². The van der Waals surface area contributed by atoms with Gasteiger partial charge in [0.15, 0.2) is 0 Å². The first-order valence-electron chi connectivity index (χ1n) is 8.31. The average molecular weight is 414 g/mol. The summed E-state index contributed by atoms with van der Waals surface area (Å²) in [6.07, 6.45) is 13.4. The molecule has 0 radical (unpaired) electrons. The Bertz CT molecular complexity index is 435. The molecule has 1 aromatic rings. The highest BCUT2D eigenvalue weighted by Gasteiger charge is 2.21. The maximum absolute atomic E-state index is 3.42. The van der Waals surface area contributed by atoms with Gasteiger partial charge in [0.05, 0.1) is 3.39 Å². The van der Waals surface area contributed by atoms with E-state index in [0.717, 1.165) is 15.2 Å². The summed E-state index contributed by atoms with van der Waals surface area (Å²) in [5.41, 5.74) is 2.78. The molecule has 2 heteroatoms. The third-order valence-corrected chi connectivity index (χ3v) is 5.20. The Hall–Kier alpha value is -0.0800. The molecule has 21 heavy (non-hydrogen) atoms. The molecule has 0 amide bonds. The van der Waals surface area contributed by atoms with Crippen LogP contribution in [0, 0.1) is 5.92 Å². The molecule has 1 aliphatic rings. The van der Waals surface area contributed by atoms with Gasteiger partial charge < -0.3 is 0 Å². The number of hydrogen-bond acceptors (Lipinski definition) is 0. The van der Waals surface area contributed by atoms with Crippen molar-refractivity contribution >= 4 is 37.9 Å². The summed E-state index contributed by atoms with van der Waals surface area (Å²) in [6.45, 7) is 2.30. The topological polar surface area (TPSA) is 0 Å². The quantitative estimate of drug-likeness (QED) is 0.420. The van der Waals surface area contributed by atoms with E-state index in [1.807, 2.05) is 0 Å². The molecule has 116 valence electrons. The van der Waals surface area contributed by atoms with Crippen LogP contribution < -0.4 is 0 Å². The molecule has 1 saturated carbocycles. The fourth-order valence-corrected chi connectivity index (χ4v) is 3.99. The Balaban J connectivity index is 1.83. The van der Waals surface area contributed by atoms with Crippen molar-refractivity contribution in [3.63, 3.8) is 0 Å². The van der Waals surface area contributed by atoms with Crippen LogP contribution in [0.15, 0.2) is 27.7 Å². The van der Waals surface area contributed by atoms with Crippen LogP contribution in [-0.2, 0) is 0 Å². The zero-order chi connectivity index (χ0) is 15.1. The SMILES string of the molecule is CCCCC[C@H]1CC[C@H](c2ccc(C=C(Br)Br)cc2)CC1. The minimum Gasteiger partial charge on any atom is -0.0654 e. The number of rotatable bonds is 6. The second-order valence-corrected chi connectivity index (χ2v) is 9.09. The summed E-state index contributed by atoms with van der Waals surface area (Å²) in [7, 11) is 0. The summed E-state index contributed by atoms with van der Waals surface area (Å²) in [5.74, 6) is 1.79. The van der Waals surface area contributed by atoms with Crippen molar-refractivity contribution in [3.8, 4) is 0 Å². The Morgan fingerprint density at radius 3 is 2.29 bits per heavy atom. The van der Waals surface area contributed by atoms with Crippen LogP contribution in [0.5, 0.6) is 0 Å². The number of halogens is 2. The summed E-state index contributed by atoms with van der Waals surface area (Å²) in [5, 5.41) is 0. The predicted octanol–water partition coefficient (Wildman–Crippen LogP) is 7.63. The average Bonchev–Trinajstić information content (AvgIpc) is 2.49. The zero-order valence-corrected chi connectivity index (χ0v) is 16.1. The highest BCUT2D eigenvalue weighted by Crippen LogP contribution is 2.37. The lowest BCUT2D eigenvalue weighted by Gasteiger charge is -2.29. The summed E-state index contributed by atoms with van der Waals surface area (Å²) >= 11 is 6.83. The third-order valence-electron chi connectivity index (χ3n) is 4.75. The highest BCUT2D eigenvalue weighted by atomic mass is 79.9. The first-order chi connectivity index (χ1) is 10.2. The molecule has 0 heterocycles. The molecule has 0 aliphatic heterocycles. The van der Waals surface area contributed by atoms with E-state index in [1.165, 1.54) is 62.5 Å². The Morgan fingerprint density at radius 2 is 1.71 bits per heavy atom. The molecular formula is C19H26Br2. The van der Waals surface area contributed by atoms with E-state index in [-0.39, 0.29) is 0 Å². The van der Waals surface area contributed by atoms with Crippen LogP contribution in [0.3, 0.4) is 0 Å². The monoisotopic (exact) mass is 412 g/mol. The van der Waals surface area contributed by atoms with Gasteiger partial charge in [0, 0.05) is 0 Å². The van der Waals surface area contributed by atoms with Gasteiger partial charge in [-0.2, -0.15) is 0 Å². The second kappa shape index (κ2) is 9.15. The highest BCUT2D eigenvalue weighted by molar-refractivity contribution is 9.28. The Morgan fingerprint density at radius 1 is 1.05 bits per heavy atom. The lowest BCUT2D eigenvalue weighted by molar-refractivity contribution is 0.303. The molecule has 1 aromatic carbocycles. The molecular weight excluding hydrogens is 388 g/mol. The second-order valence-electron chi connectivity index (χ2n) is 6.31. The van der Waals surface area contributed by atoms with Gasteiger partial charge in [0.2, 0.25) is 0 Å². The largest absolute Gasteiger partial charge is 0.0654 e. The van der Waals surface area contributed by atoms with Gasteiger partial charge >= 0.3 is 0 Å². The van der Waals surface area contributed by atoms with E-state index < -0.39 is 0 Å². The molecule has 0 spiro atoms. The molecule has 0 bridgehead atoms. The maximum atomic E-state index is 3.42. The van der Waals surface area contributed by atoms with E-state index in [9.17, 15) is 0 Å². The van der Waals surface area contributed by atoms with E-state index in [4.69, 9.17) is 0 Å². The minimum absolute atomic E-state index is 0.790. The van der Waals surface area contributed by atoms with E-state index in [1.54, 1.807) is 0 Å². The molecule has 0 saturated heterocycles. The number of benzene rings is 1. The third kappa shape index (κ3) is 5.90. The zero-order valence-electron chi connectivity index (χ0n) is 13.0. The smallest absolute Gasteiger partial charge is 0.0610 e. The Labute approximate surface area is 146 Å². The van der Waals surface area contributed by atoms with Crippen molar-refractivity contribution in [2.45, 2.75) is 64.2 Å². The van der Waals surface area contributed by atoms with Gasteiger partial charge in [0.25, 0.3) is 0 Å². The predicted molar refractivity (Wildman–Crippen MR) is 101 cm³/mol. The van der Waals surface area contributed by atoms with Crippen LogP contribution in [-0.4, -0.2) is 0 Å². The van der Waals surface area contributed by atoms with Gasteiger partial charge in [-0.25, -0.2) is 0 Å². The van der Waals surface area contributed by atoms with Gasteiger partial charge in [-0.15, -0.1) is 0 Å². The lowest BCUT2D eigenvalue weighted by Crippen LogP contribution is -2.13. The summed E-state index contributed by atoms with van der Waals surface area (Å²) in [4.78, 5) is 0. The lowest BCUT2D eigenvalue weighted by atomic mass is 9.77. The van der Waals surface area contributed by atoms with Crippen LogP contribution in [0.4, 0.5) is 0 Å². The maximum Gasteiger partial charge on any atom is 0.0610 e. The van der Waals surface area contributed by atoms with Crippen molar-refractivity contribution in [1.29, 1.82) is 0 Å². The molecule has 2 rings (SSSR count). The molecule has 0 atom stereocenters. The number of unbranched alkanes of at least 4 members (excludes halogenated alkanes) is 2. The van der Waals surface area contributed by atoms with Gasteiger partial charge in [-0.05, 0) is 86.6 Å². The summed E-state index contributed by atoms with van der Waals surface area (Å²) < 4.78 is 0.996. The van der Waals surface area contributed by atoms with Gasteiger partial charge in [0.1, 0.15) is 0 Å². The van der Waals surface area contributed by atoms with Crippen molar-refractivity contribution in [2.24, 2.45) is 5.92 Å². The van der Waals surface area contributed by atoms with Crippen LogP contribution in [0.1, 0.15) is 75.3 Å². The minimum atomic E-state index is 0.790. The first-order valence-corrected chi connectivity index (χ1v) is 9.90. The van der Waals surface area contributed by atoms with E-state index >= 15 is 0 Å². The molecule has 0 nitrogen and oxygen atoms in total. The van der Waals surface area contributed by atoms with Gasteiger partial charge in [-0.3, -0.25) is 0 Å². The number of hydrogen-bond donors (Lipinski definition) is 0. The van der Waals surface area contributed by atoms with Crippen LogP contribution in [0.2, 0.25) is 0 Å². The standard InChI is InChI=1S/C19H26Br2/c1-2-3-4-5-15-6-10-17(11-7-15)18-12-8-16(9-13-18)14-19(20)21/h8-9,12-15,17H,2-7,10-11H2,1H3/t15-,17-. The first kappa shape index (κ1) is 17.3. The van der Waals surface area contributed by atoms with Crippen molar-refractivity contribution in [3.05, 3.63) is 38.8 Å². The van der Waals surface area contributed by atoms with Gasteiger partial charge in [-0.1, -0.05) is 56.9 Å². The fourth-order valence-electron chi connectivity index (χ4n) is 3.46. The molecule has 0 aromatic heterocycles. The summed E-state index contributed by atoms with van der Waals surface area (Å²) in [6, 6.07) is 9.09. The normalized spacial score (nSPS) is 22.0. The molecule has 1 fully saturated rings.